The van der Waals surface area contributed by atoms with Crippen LogP contribution in [0.1, 0.15) is 15.9 Å². The first-order chi connectivity index (χ1) is 17.6. The largest absolute Gasteiger partial charge is 0.383 e. The van der Waals surface area contributed by atoms with Gasteiger partial charge in [-0.05, 0) is 48.9 Å². The number of nitrogens with two attached hydrogens (primary N) is 1. The molecule has 0 atom stereocenters. The fraction of sp³-hybridized carbons (Fsp3) is 0.0769. The number of hydrogen-bond donors (Lipinski definition) is 3. The van der Waals surface area contributed by atoms with E-state index in [4.69, 9.17) is 5.73 Å². The van der Waals surface area contributed by atoms with Crippen LogP contribution in [0.2, 0.25) is 0 Å². The Labute approximate surface area is 211 Å². The van der Waals surface area contributed by atoms with Crippen molar-refractivity contribution < 1.29 is 17.6 Å². The van der Waals surface area contributed by atoms with Crippen molar-refractivity contribution in [1.82, 2.24) is 15.0 Å². The summed E-state index contributed by atoms with van der Waals surface area (Å²) in [5.41, 5.74) is 7.99. The highest BCUT2D eigenvalue weighted by Gasteiger charge is 2.18. The summed E-state index contributed by atoms with van der Waals surface area (Å²) in [4.78, 5) is 25.8. The van der Waals surface area contributed by atoms with Crippen molar-refractivity contribution in [2.75, 3.05) is 22.6 Å². The number of anilines is 4. The van der Waals surface area contributed by atoms with E-state index in [1.165, 1.54) is 24.7 Å². The van der Waals surface area contributed by atoms with Crippen LogP contribution in [0.15, 0.2) is 72.0 Å². The van der Waals surface area contributed by atoms with E-state index in [2.05, 4.69) is 25.6 Å². The average Bonchev–Trinajstić information content (AvgIpc) is 2.86. The number of amides is 1. The van der Waals surface area contributed by atoms with E-state index in [1.807, 2.05) is 6.92 Å². The minimum Gasteiger partial charge on any atom is -0.383 e. The second-order valence-electron chi connectivity index (χ2n) is 8.47. The highest BCUT2D eigenvalue weighted by molar-refractivity contribution is 7.90. The Morgan fingerprint density at radius 1 is 0.973 bits per heavy atom. The van der Waals surface area contributed by atoms with Crippen molar-refractivity contribution in [2.24, 2.45) is 0 Å². The molecule has 0 saturated carbocycles. The molecule has 0 aliphatic carbocycles. The van der Waals surface area contributed by atoms with Crippen LogP contribution in [0.3, 0.4) is 0 Å². The zero-order valence-electron chi connectivity index (χ0n) is 19.8. The van der Waals surface area contributed by atoms with Crippen molar-refractivity contribution in [1.29, 1.82) is 0 Å². The third-order valence-electron chi connectivity index (χ3n) is 5.95. The third-order valence-corrected chi connectivity index (χ3v) is 7.06. The maximum absolute atomic E-state index is 14.5. The van der Waals surface area contributed by atoms with Crippen LogP contribution in [-0.2, 0) is 9.84 Å². The molecule has 11 heteroatoms. The number of aromatic nitrogens is 3. The van der Waals surface area contributed by atoms with Gasteiger partial charge in [-0.3, -0.25) is 4.79 Å². The van der Waals surface area contributed by atoms with Crippen molar-refractivity contribution >= 4 is 60.4 Å². The van der Waals surface area contributed by atoms with Gasteiger partial charge in [0, 0.05) is 28.6 Å². The first kappa shape index (κ1) is 24.1. The molecular weight excluding hydrogens is 495 g/mol. The normalized spacial score (nSPS) is 11.5. The van der Waals surface area contributed by atoms with Gasteiger partial charge in [-0.1, -0.05) is 18.2 Å². The van der Waals surface area contributed by atoms with Crippen molar-refractivity contribution in [3.05, 3.63) is 84.1 Å². The Bertz CT molecular complexity index is 1830. The van der Waals surface area contributed by atoms with Crippen molar-refractivity contribution in [3.8, 4) is 0 Å². The topological polar surface area (TPSA) is 140 Å². The summed E-state index contributed by atoms with van der Waals surface area (Å²) >= 11 is 0. The molecule has 5 rings (SSSR count). The van der Waals surface area contributed by atoms with Gasteiger partial charge in [0.15, 0.2) is 9.84 Å². The molecule has 4 N–H and O–H groups in total. The first-order valence-electron chi connectivity index (χ1n) is 11.1. The lowest BCUT2D eigenvalue weighted by atomic mass is 10.0. The number of pyridine rings is 1. The van der Waals surface area contributed by atoms with Gasteiger partial charge in [0.2, 0.25) is 0 Å². The smallest absolute Gasteiger partial charge is 0.257 e. The quantitative estimate of drug-likeness (QED) is 0.288. The predicted molar refractivity (Wildman–Crippen MR) is 141 cm³/mol. The lowest BCUT2D eigenvalue weighted by Gasteiger charge is -2.16. The highest BCUT2D eigenvalue weighted by Crippen LogP contribution is 2.33. The summed E-state index contributed by atoms with van der Waals surface area (Å²) in [6.45, 7) is 1.85. The summed E-state index contributed by atoms with van der Waals surface area (Å²) in [7, 11) is -3.54. The summed E-state index contributed by atoms with van der Waals surface area (Å²) in [6, 6.07) is 13.9. The van der Waals surface area contributed by atoms with Gasteiger partial charge in [-0.25, -0.2) is 27.8 Å². The molecule has 1 amide bonds. The number of carbonyl (C=O) groups is 1. The Morgan fingerprint density at radius 2 is 1.78 bits per heavy atom. The number of para-hydroxylation sites is 1. The Morgan fingerprint density at radius 3 is 2.57 bits per heavy atom. The van der Waals surface area contributed by atoms with Crippen LogP contribution in [0.4, 0.5) is 27.4 Å². The second-order valence-corrected chi connectivity index (χ2v) is 10.5. The monoisotopic (exact) mass is 516 g/mol. The standard InChI is InChI=1S/C26H21FN6O3S/c1-14-6-8-17-16(10-11-29-25(17)32-21-12-15(37(2,35)36)7-9-20(21)27)22(14)33-26(34)19-5-3-4-18-23(19)30-13-31-24(18)28/h3-13H,1-2H3,(H,29,32)(H,33,34)(H2,28,30,31). The van der Waals surface area contributed by atoms with E-state index >= 15 is 0 Å². The second kappa shape index (κ2) is 9.10. The molecule has 0 aliphatic heterocycles. The van der Waals surface area contributed by atoms with Crippen LogP contribution in [-0.4, -0.2) is 35.5 Å². The minimum atomic E-state index is -3.54. The Kier molecular flexibility index (Phi) is 5.92. The third kappa shape index (κ3) is 4.52. The fourth-order valence-corrected chi connectivity index (χ4v) is 4.71. The highest BCUT2D eigenvalue weighted by atomic mass is 32.2. The number of nitrogens with one attached hydrogen (secondary N) is 2. The molecule has 0 spiro atoms. The molecule has 2 heterocycles. The van der Waals surface area contributed by atoms with Crippen LogP contribution in [0.5, 0.6) is 0 Å². The van der Waals surface area contributed by atoms with E-state index < -0.39 is 21.6 Å². The molecule has 37 heavy (non-hydrogen) atoms. The summed E-state index contributed by atoms with van der Waals surface area (Å²) in [5.74, 6) is -0.459. The summed E-state index contributed by atoms with van der Waals surface area (Å²) in [6.07, 6.45) is 3.87. The number of aryl methyl sites for hydroxylation is 1. The lowest BCUT2D eigenvalue weighted by molar-refractivity contribution is 0.102. The molecule has 186 valence electrons. The molecule has 2 aromatic heterocycles. The van der Waals surface area contributed by atoms with Gasteiger partial charge in [-0.2, -0.15) is 0 Å². The number of nitrogens with zero attached hydrogens (tertiary/aromatic N) is 3. The summed E-state index contributed by atoms with van der Waals surface area (Å²) in [5, 5.41) is 7.67. The molecule has 0 bridgehead atoms. The van der Waals surface area contributed by atoms with E-state index in [9.17, 15) is 17.6 Å². The molecule has 3 aromatic carbocycles. The van der Waals surface area contributed by atoms with E-state index in [1.54, 1.807) is 36.4 Å². The van der Waals surface area contributed by atoms with E-state index in [0.717, 1.165) is 17.9 Å². The number of rotatable bonds is 5. The predicted octanol–water partition coefficient (Wildman–Crippen LogP) is 4.61. The zero-order chi connectivity index (χ0) is 26.3. The van der Waals surface area contributed by atoms with Gasteiger partial charge in [0.25, 0.3) is 5.91 Å². The molecule has 0 fully saturated rings. The maximum atomic E-state index is 14.5. The van der Waals surface area contributed by atoms with Crippen LogP contribution < -0.4 is 16.4 Å². The minimum absolute atomic E-state index is 0.0278. The summed E-state index contributed by atoms with van der Waals surface area (Å²) < 4.78 is 38.4. The van der Waals surface area contributed by atoms with Crippen LogP contribution in [0.25, 0.3) is 21.7 Å². The van der Waals surface area contributed by atoms with Crippen molar-refractivity contribution in [2.45, 2.75) is 11.8 Å². The van der Waals surface area contributed by atoms with Gasteiger partial charge < -0.3 is 16.4 Å². The van der Waals surface area contributed by atoms with Crippen LogP contribution >= 0.6 is 0 Å². The molecule has 5 aromatic rings. The Hall–Kier alpha value is -4.64. The maximum Gasteiger partial charge on any atom is 0.257 e. The SMILES string of the molecule is Cc1ccc2c(Nc3cc(S(C)(=O)=O)ccc3F)nccc2c1NC(=O)c1cccc2c(N)ncnc12. The molecular formula is C26H21FN6O3S. The number of carbonyl (C=O) groups excluding carboxylic acids is 1. The van der Waals surface area contributed by atoms with Crippen molar-refractivity contribution in [3.63, 3.8) is 0 Å². The molecule has 0 radical (unpaired) electrons. The van der Waals surface area contributed by atoms with E-state index in [-0.39, 0.29) is 16.4 Å². The number of fused-ring (bicyclic) bond motifs is 2. The van der Waals surface area contributed by atoms with E-state index in [0.29, 0.717) is 38.7 Å². The van der Waals surface area contributed by atoms with Gasteiger partial charge >= 0.3 is 0 Å². The number of halogens is 1. The number of hydrogen-bond acceptors (Lipinski definition) is 8. The molecule has 0 unspecified atom stereocenters. The molecule has 0 aliphatic rings. The van der Waals surface area contributed by atoms with Crippen LogP contribution in [0, 0.1) is 12.7 Å². The van der Waals surface area contributed by atoms with Gasteiger partial charge in [-0.15, -0.1) is 0 Å². The first-order valence-corrected chi connectivity index (χ1v) is 13.0. The van der Waals surface area contributed by atoms with Gasteiger partial charge in [0.05, 0.1) is 27.4 Å². The molecule has 0 saturated heterocycles. The Balaban J connectivity index is 1.56. The number of nitrogen functional groups attached to an aromatic ring is 1. The lowest BCUT2D eigenvalue weighted by Crippen LogP contribution is -2.14. The molecule has 9 nitrogen and oxygen atoms in total. The average molecular weight is 517 g/mol. The zero-order valence-corrected chi connectivity index (χ0v) is 20.6. The van der Waals surface area contributed by atoms with Gasteiger partial charge in [0.1, 0.15) is 23.8 Å². The number of benzene rings is 3. The fourth-order valence-electron chi connectivity index (χ4n) is 4.06. The number of sulfone groups is 1.